The number of carbonyl (C=O) groups is 1. The van der Waals surface area contributed by atoms with Crippen molar-refractivity contribution in [3.8, 4) is 11.5 Å². The topological polar surface area (TPSA) is 47.6 Å². The molecule has 0 aliphatic rings. The molecule has 2 aromatic carbocycles. The van der Waals surface area contributed by atoms with Crippen molar-refractivity contribution in [2.24, 2.45) is 0 Å². The zero-order chi connectivity index (χ0) is 16.7. The van der Waals surface area contributed by atoms with Gasteiger partial charge >= 0.3 is 8.05 Å². The lowest BCUT2D eigenvalue weighted by molar-refractivity contribution is -0.118. The quantitative estimate of drug-likeness (QED) is 0.758. The van der Waals surface area contributed by atoms with Gasteiger partial charge in [-0.25, -0.2) is 0 Å². The molecule has 4 nitrogen and oxygen atoms in total. The van der Waals surface area contributed by atoms with Gasteiger partial charge in [0.1, 0.15) is 12.4 Å². The molecule has 0 bridgehead atoms. The Morgan fingerprint density at radius 1 is 1.22 bits per heavy atom. The van der Waals surface area contributed by atoms with E-state index < -0.39 is 0 Å². The smallest absolute Gasteiger partial charge is 0.374 e. The highest BCUT2D eigenvalue weighted by Gasteiger charge is 2.10. The van der Waals surface area contributed by atoms with E-state index in [4.69, 9.17) is 17.4 Å². The molecule has 2 aromatic rings. The Bertz CT molecular complexity index is 664. The van der Waals surface area contributed by atoms with Crippen LogP contribution in [0.25, 0.3) is 0 Å². The second-order valence-electron chi connectivity index (χ2n) is 5.02. The maximum atomic E-state index is 11.0. The van der Waals surface area contributed by atoms with Gasteiger partial charge in [0.25, 0.3) is 0 Å². The van der Waals surface area contributed by atoms with Crippen LogP contribution < -0.4 is 14.7 Å². The molecule has 1 N–H and O–H groups in total. The Labute approximate surface area is 145 Å². The first-order valence-corrected chi connectivity index (χ1v) is 7.99. The van der Waals surface area contributed by atoms with Gasteiger partial charge in [0.15, 0.2) is 5.75 Å². The molecule has 2 rings (SSSR count). The molecule has 0 atom stereocenters. The summed E-state index contributed by atoms with van der Waals surface area (Å²) in [7, 11) is 5.32. The van der Waals surface area contributed by atoms with Crippen LogP contribution in [0.15, 0.2) is 46.9 Å². The molecule has 0 saturated carbocycles. The Morgan fingerprint density at radius 2 is 1.96 bits per heavy atom. The van der Waals surface area contributed by atoms with E-state index in [0.29, 0.717) is 31.1 Å². The largest absolute Gasteiger partial charge is 0.565 e. The van der Waals surface area contributed by atoms with Gasteiger partial charge < -0.3 is 14.7 Å². The predicted octanol–water partition coefficient (Wildman–Crippen LogP) is 3.17. The number of amides is 1. The Balaban J connectivity index is 2.11. The van der Waals surface area contributed by atoms with Crippen LogP contribution in [0.2, 0.25) is 0 Å². The molecule has 0 spiro atoms. The summed E-state index contributed by atoms with van der Waals surface area (Å²) in [5, 5.41) is 2.77. The first kappa shape index (κ1) is 17.4. The van der Waals surface area contributed by atoms with E-state index in [0.717, 1.165) is 15.6 Å². The maximum Gasteiger partial charge on any atom is 0.374 e. The van der Waals surface area contributed by atoms with Crippen molar-refractivity contribution < 1.29 is 14.2 Å². The van der Waals surface area contributed by atoms with Crippen LogP contribution in [0.5, 0.6) is 11.5 Å². The molecule has 0 aromatic heterocycles. The molecule has 1 amide bonds. The van der Waals surface area contributed by atoms with E-state index >= 15 is 0 Å². The van der Waals surface area contributed by atoms with E-state index in [1.165, 1.54) is 6.92 Å². The highest BCUT2D eigenvalue weighted by atomic mass is 79.9. The number of rotatable bonds is 7. The molecular weight excluding hydrogens is 357 g/mol. The van der Waals surface area contributed by atoms with Gasteiger partial charge in [-0.1, -0.05) is 46.3 Å². The molecule has 0 aliphatic carbocycles. The Kier molecular flexibility index (Phi) is 6.53. The van der Waals surface area contributed by atoms with E-state index in [2.05, 4.69) is 21.2 Å². The third kappa shape index (κ3) is 5.32. The molecule has 0 fully saturated rings. The average molecular weight is 374 g/mol. The fourth-order valence-corrected chi connectivity index (χ4v) is 2.60. The SMILES string of the molecule is [B]Oc1cc(Br)c(CCNC(C)=O)cc1OCc1ccccc1. The van der Waals surface area contributed by atoms with Crippen molar-refractivity contribution in [1.82, 2.24) is 5.32 Å². The molecule has 0 aliphatic heterocycles. The molecule has 0 heterocycles. The van der Waals surface area contributed by atoms with Crippen LogP contribution in [0.1, 0.15) is 18.1 Å². The van der Waals surface area contributed by atoms with E-state index in [-0.39, 0.29) is 5.91 Å². The van der Waals surface area contributed by atoms with Crippen molar-refractivity contribution in [2.75, 3.05) is 6.54 Å². The minimum atomic E-state index is -0.0522. The van der Waals surface area contributed by atoms with Gasteiger partial charge in [0.05, 0.1) is 0 Å². The van der Waals surface area contributed by atoms with E-state index in [1.807, 2.05) is 36.4 Å². The van der Waals surface area contributed by atoms with Crippen molar-refractivity contribution in [2.45, 2.75) is 20.0 Å². The van der Waals surface area contributed by atoms with Crippen LogP contribution in [0.3, 0.4) is 0 Å². The first-order chi connectivity index (χ1) is 11.1. The third-order valence-corrected chi connectivity index (χ3v) is 3.98. The van der Waals surface area contributed by atoms with Crippen molar-refractivity contribution >= 4 is 29.9 Å². The van der Waals surface area contributed by atoms with Crippen LogP contribution in [0.4, 0.5) is 0 Å². The standard InChI is InChI=1S/C17H17BBrNO3/c1-12(21)20-8-7-14-9-16(17(23-18)10-15(14)19)22-11-13-5-3-2-4-6-13/h2-6,9-10H,7-8,11H2,1H3,(H,20,21). The number of carbonyl (C=O) groups excluding carboxylic acids is 1. The molecule has 0 saturated heterocycles. The number of hydrogen-bond acceptors (Lipinski definition) is 3. The average Bonchev–Trinajstić information content (AvgIpc) is 2.55. The van der Waals surface area contributed by atoms with Crippen LogP contribution >= 0.6 is 15.9 Å². The highest BCUT2D eigenvalue weighted by Crippen LogP contribution is 2.34. The summed E-state index contributed by atoms with van der Waals surface area (Å²) >= 11 is 3.48. The maximum absolute atomic E-state index is 11.0. The molecular formula is C17H17BBrNO3. The second-order valence-corrected chi connectivity index (χ2v) is 5.87. The van der Waals surface area contributed by atoms with Gasteiger partial charge in [-0.2, -0.15) is 0 Å². The minimum absolute atomic E-state index is 0.0522. The molecule has 0 unspecified atom stereocenters. The Hall–Kier alpha value is -1.95. The third-order valence-electron chi connectivity index (χ3n) is 3.25. The van der Waals surface area contributed by atoms with Crippen LogP contribution in [-0.4, -0.2) is 20.5 Å². The summed E-state index contributed by atoms with van der Waals surface area (Å²) in [4.78, 5) is 11.0. The fraction of sp³-hybridized carbons (Fsp3) is 0.235. The zero-order valence-corrected chi connectivity index (χ0v) is 14.4. The number of ether oxygens (including phenoxy) is 1. The monoisotopic (exact) mass is 373 g/mol. The summed E-state index contributed by atoms with van der Waals surface area (Å²) in [6.07, 6.45) is 0.673. The normalized spacial score (nSPS) is 10.2. The second kappa shape index (κ2) is 8.63. The summed E-state index contributed by atoms with van der Waals surface area (Å²) in [5.74, 6) is 0.969. The number of nitrogens with one attached hydrogen (secondary N) is 1. The van der Waals surface area contributed by atoms with E-state index in [1.54, 1.807) is 6.07 Å². The number of hydrogen-bond donors (Lipinski definition) is 1. The lowest BCUT2D eigenvalue weighted by Gasteiger charge is -2.15. The number of halogens is 1. The Morgan fingerprint density at radius 3 is 2.61 bits per heavy atom. The molecule has 118 valence electrons. The predicted molar refractivity (Wildman–Crippen MR) is 93.7 cm³/mol. The number of benzene rings is 2. The van der Waals surface area contributed by atoms with Gasteiger partial charge in [-0.15, -0.1) is 0 Å². The lowest BCUT2D eigenvalue weighted by atomic mass is 10.1. The van der Waals surface area contributed by atoms with Gasteiger partial charge in [0.2, 0.25) is 5.91 Å². The first-order valence-electron chi connectivity index (χ1n) is 7.20. The summed E-state index contributed by atoms with van der Waals surface area (Å²) in [5.41, 5.74) is 2.06. The van der Waals surface area contributed by atoms with Gasteiger partial charge in [-0.05, 0) is 29.7 Å². The van der Waals surface area contributed by atoms with E-state index in [9.17, 15) is 4.79 Å². The highest BCUT2D eigenvalue weighted by molar-refractivity contribution is 9.10. The summed E-state index contributed by atoms with van der Waals surface area (Å²) in [6, 6.07) is 13.5. The minimum Gasteiger partial charge on any atom is -0.565 e. The molecule has 6 heteroatoms. The molecule has 2 radical (unpaired) electrons. The van der Waals surface area contributed by atoms with Crippen molar-refractivity contribution in [3.05, 3.63) is 58.1 Å². The lowest BCUT2D eigenvalue weighted by Crippen LogP contribution is -2.22. The van der Waals surface area contributed by atoms with Gasteiger partial charge in [-0.3, -0.25) is 4.79 Å². The van der Waals surface area contributed by atoms with Gasteiger partial charge in [0, 0.05) is 17.9 Å². The molecule has 23 heavy (non-hydrogen) atoms. The summed E-state index contributed by atoms with van der Waals surface area (Å²) in [6.45, 7) is 2.47. The van der Waals surface area contributed by atoms with Crippen molar-refractivity contribution in [1.29, 1.82) is 0 Å². The fourth-order valence-electron chi connectivity index (χ4n) is 2.08. The van der Waals surface area contributed by atoms with Crippen LogP contribution in [-0.2, 0) is 17.8 Å². The van der Waals surface area contributed by atoms with Crippen molar-refractivity contribution in [3.63, 3.8) is 0 Å². The summed E-state index contributed by atoms with van der Waals surface area (Å²) < 4.78 is 11.6. The zero-order valence-electron chi connectivity index (χ0n) is 12.8. The van der Waals surface area contributed by atoms with Crippen LogP contribution in [0, 0.1) is 0 Å².